The molecule has 0 aromatic carbocycles. The van der Waals surface area contributed by atoms with Gasteiger partial charge in [-0.05, 0) is 26.0 Å². The molecule has 8 nitrogen and oxygen atoms in total. The molecule has 1 aliphatic heterocycles. The van der Waals surface area contributed by atoms with E-state index in [1.165, 1.54) is 0 Å². The summed E-state index contributed by atoms with van der Waals surface area (Å²) >= 11 is 0. The molecule has 140 valence electrons. The van der Waals surface area contributed by atoms with Crippen molar-refractivity contribution in [2.24, 2.45) is 0 Å². The number of urea groups is 1. The zero-order chi connectivity index (χ0) is 18.7. The predicted octanol–water partition coefficient (Wildman–Crippen LogP) is 1.29. The molecule has 3 heterocycles. The zero-order valence-electron chi connectivity index (χ0n) is 14.9. The Hall–Kier alpha value is -2.42. The van der Waals surface area contributed by atoms with Crippen molar-refractivity contribution in [3.63, 3.8) is 0 Å². The first-order valence-electron chi connectivity index (χ1n) is 8.58. The fraction of sp³-hybridized carbons (Fsp3) is 0.471. The fourth-order valence-corrected chi connectivity index (χ4v) is 4.51. The summed E-state index contributed by atoms with van der Waals surface area (Å²) in [6, 6.07) is 4.80. The van der Waals surface area contributed by atoms with E-state index in [-0.39, 0.29) is 24.1 Å². The number of rotatable bonds is 4. The Morgan fingerprint density at radius 1 is 1.38 bits per heavy atom. The lowest BCUT2D eigenvalue weighted by atomic mass is 10.1. The van der Waals surface area contributed by atoms with Crippen LogP contribution in [0.25, 0.3) is 0 Å². The highest BCUT2D eigenvalue weighted by molar-refractivity contribution is 7.91. The topological polar surface area (TPSA) is 97.2 Å². The third kappa shape index (κ3) is 4.21. The van der Waals surface area contributed by atoms with E-state index in [0.29, 0.717) is 13.1 Å². The maximum Gasteiger partial charge on any atom is 0.318 e. The monoisotopic (exact) mass is 377 g/mol. The van der Waals surface area contributed by atoms with Crippen molar-refractivity contribution in [2.45, 2.75) is 33.0 Å². The van der Waals surface area contributed by atoms with Gasteiger partial charge in [0.15, 0.2) is 9.84 Å². The van der Waals surface area contributed by atoms with Crippen LogP contribution in [0.4, 0.5) is 4.79 Å². The molecule has 0 unspecified atom stereocenters. The van der Waals surface area contributed by atoms with Crippen molar-refractivity contribution in [3.05, 3.63) is 47.5 Å². The predicted molar refractivity (Wildman–Crippen MR) is 97.2 cm³/mol. The minimum Gasteiger partial charge on any atom is -0.332 e. The number of sulfone groups is 1. The SMILES string of the molecule is CCn1cc([C@H]2CS(=O)(=O)CCN2C(=O)NCc2cccc(C)n2)cn1. The number of pyridine rings is 1. The van der Waals surface area contributed by atoms with Crippen molar-refractivity contribution >= 4 is 15.9 Å². The average Bonchev–Trinajstić information content (AvgIpc) is 3.08. The first-order valence-corrected chi connectivity index (χ1v) is 10.4. The Morgan fingerprint density at radius 2 is 2.19 bits per heavy atom. The summed E-state index contributed by atoms with van der Waals surface area (Å²) in [4.78, 5) is 18.6. The summed E-state index contributed by atoms with van der Waals surface area (Å²) in [6.07, 6.45) is 3.44. The van der Waals surface area contributed by atoms with Gasteiger partial charge in [-0.15, -0.1) is 0 Å². The number of amides is 2. The van der Waals surface area contributed by atoms with Crippen molar-refractivity contribution in [2.75, 3.05) is 18.1 Å². The van der Waals surface area contributed by atoms with Crippen LogP contribution in [0.3, 0.4) is 0 Å². The average molecular weight is 377 g/mol. The van der Waals surface area contributed by atoms with E-state index in [1.54, 1.807) is 22.0 Å². The molecule has 1 aliphatic rings. The van der Waals surface area contributed by atoms with E-state index >= 15 is 0 Å². The van der Waals surface area contributed by atoms with Gasteiger partial charge in [0.2, 0.25) is 0 Å². The zero-order valence-corrected chi connectivity index (χ0v) is 15.7. The highest BCUT2D eigenvalue weighted by Gasteiger charge is 2.35. The molecule has 2 aromatic heterocycles. The highest BCUT2D eigenvalue weighted by atomic mass is 32.2. The van der Waals surface area contributed by atoms with Gasteiger partial charge in [-0.25, -0.2) is 13.2 Å². The van der Waals surface area contributed by atoms with Gasteiger partial charge < -0.3 is 10.2 Å². The van der Waals surface area contributed by atoms with Gasteiger partial charge in [-0.2, -0.15) is 5.10 Å². The third-order valence-corrected chi connectivity index (χ3v) is 6.05. The van der Waals surface area contributed by atoms with Crippen molar-refractivity contribution in [1.29, 1.82) is 0 Å². The number of aryl methyl sites for hydroxylation is 2. The first-order chi connectivity index (χ1) is 12.4. The molecule has 0 bridgehead atoms. The van der Waals surface area contributed by atoms with Gasteiger partial charge in [0.05, 0.1) is 36.0 Å². The molecule has 1 saturated heterocycles. The van der Waals surface area contributed by atoms with Crippen LogP contribution < -0.4 is 5.32 Å². The molecule has 0 aliphatic carbocycles. The molecule has 0 saturated carbocycles. The molecule has 2 amide bonds. The van der Waals surface area contributed by atoms with E-state index in [2.05, 4.69) is 15.4 Å². The molecule has 9 heteroatoms. The summed E-state index contributed by atoms with van der Waals surface area (Å²) in [6.45, 7) is 4.99. The second-order valence-corrected chi connectivity index (χ2v) is 8.61. The molecule has 26 heavy (non-hydrogen) atoms. The molecule has 0 spiro atoms. The molecule has 0 radical (unpaired) electrons. The lowest BCUT2D eigenvalue weighted by Crippen LogP contribution is -2.49. The van der Waals surface area contributed by atoms with E-state index in [1.807, 2.05) is 32.0 Å². The molecule has 2 aromatic rings. The lowest BCUT2D eigenvalue weighted by Gasteiger charge is -2.34. The number of nitrogens with one attached hydrogen (secondary N) is 1. The number of hydrogen-bond donors (Lipinski definition) is 1. The van der Waals surface area contributed by atoms with Crippen molar-refractivity contribution in [3.8, 4) is 0 Å². The minimum atomic E-state index is -3.19. The lowest BCUT2D eigenvalue weighted by molar-refractivity contribution is 0.180. The fourth-order valence-electron chi connectivity index (χ4n) is 3.02. The van der Waals surface area contributed by atoms with Crippen LogP contribution in [-0.4, -0.2) is 52.2 Å². The van der Waals surface area contributed by atoms with E-state index in [9.17, 15) is 13.2 Å². The molecule has 3 rings (SSSR count). The molecular formula is C17H23N5O3S. The van der Waals surface area contributed by atoms with Gasteiger partial charge in [0.1, 0.15) is 0 Å². The van der Waals surface area contributed by atoms with E-state index in [4.69, 9.17) is 0 Å². The summed E-state index contributed by atoms with van der Waals surface area (Å²) < 4.78 is 25.9. The van der Waals surface area contributed by atoms with Crippen molar-refractivity contribution in [1.82, 2.24) is 25.0 Å². The smallest absolute Gasteiger partial charge is 0.318 e. The normalized spacial score (nSPS) is 19.3. The van der Waals surface area contributed by atoms with Crippen LogP contribution in [0.15, 0.2) is 30.6 Å². The molecule has 1 fully saturated rings. The Balaban J connectivity index is 1.75. The Labute approximate surface area is 153 Å². The van der Waals surface area contributed by atoms with E-state index in [0.717, 1.165) is 17.0 Å². The first kappa shape index (κ1) is 18.4. The van der Waals surface area contributed by atoms with Gasteiger partial charge in [0, 0.05) is 30.5 Å². The van der Waals surface area contributed by atoms with Crippen LogP contribution >= 0.6 is 0 Å². The Bertz CT molecular complexity index is 893. The van der Waals surface area contributed by atoms with Crippen LogP contribution in [-0.2, 0) is 22.9 Å². The molecular weight excluding hydrogens is 354 g/mol. The quantitative estimate of drug-likeness (QED) is 0.866. The molecule has 1 atom stereocenters. The second kappa shape index (κ2) is 7.45. The number of nitrogens with zero attached hydrogens (tertiary/aromatic N) is 4. The van der Waals surface area contributed by atoms with Crippen LogP contribution in [0.2, 0.25) is 0 Å². The summed E-state index contributed by atoms with van der Waals surface area (Å²) in [5.41, 5.74) is 2.38. The summed E-state index contributed by atoms with van der Waals surface area (Å²) in [5, 5.41) is 7.05. The highest BCUT2D eigenvalue weighted by Crippen LogP contribution is 2.26. The maximum absolute atomic E-state index is 12.7. The summed E-state index contributed by atoms with van der Waals surface area (Å²) in [5.74, 6) is -0.111. The second-order valence-electron chi connectivity index (χ2n) is 6.38. The van der Waals surface area contributed by atoms with Gasteiger partial charge in [0.25, 0.3) is 0 Å². The standard InChI is InChI=1S/C17H23N5O3S/c1-3-21-11-14(9-19-21)16-12-26(24,25)8-7-22(16)17(23)18-10-15-6-4-5-13(2)20-15/h4-6,9,11,16H,3,7-8,10,12H2,1-2H3,(H,18,23)/t16-/m1/s1. The Kier molecular flexibility index (Phi) is 5.26. The number of hydrogen-bond acceptors (Lipinski definition) is 5. The molecule has 1 N–H and O–H groups in total. The van der Waals surface area contributed by atoms with Crippen LogP contribution in [0.5, 0.6) is 0 Å². The summed E-state index contributed by atoms with van der Waals surface area (Å²) in [7, 11) is -3.19. The number of carbonyl (C=O) groups is 1. The van der Waals surface area contributed by atoms with Crippen LogP contribution in [0, 0.1) is 6.92 Å². The minimum absolute atomic E-state index is 0.0263. The van der Waals surface area contributed by atoms with Gasteiger partial charge in [-0.3, -0.25) is 9.67 Å². The Morgan fingerprint density at radius 3 is 2.88 bits per heavy atom. The number of aromatic nitrogens is 3. The third-order valence-electron chi connectivity index (χ3n) is 4.42. The van der Waals surface area contributed by atoms with E-state index < -0.39 is 15.9 Å². The van der Waals surface area contributed by atoms with Gasteiger partial charge >= 0.3 is 6.03 Å². The van der Waals surface area contributed by atoms with Crippen LogP contribution in [0.1, 0.15) is 29.9 Å². The largest absolute Gasteiger partial charge is 0.332 e. The maximum atomic E-state index is 12.7. The van der Waals surface area contributed by atoms with Gasteiger partial charge in [-0.1, -0.05) is 6.07 Å². The number of carbonyl (C=O) groups excluding carboxylic acids is 1. The van der Waals surface area contributed by atoms with Crippen molar-refractivity contribution < 1.29 is 13.2 Å².